The zero-order chi connectivity index (χ0) is 32.0. The zero-order valence-corrected chi connectivity index (χ0v) is 26.5. The van der Waals surface area contributed by atoms with Gasteiger partial charge in [0.1, 0.15) is 11.2 Å². The van der Waals surface area contributed by atoms with Crippen LogP contribution in [0.15, 0.2) is 144 Å². The van der Waals surface area contributed by atoms with Crippen LogP contribution in [-0.4, -0.2) is 15.0 Å². The molecule has 0 unspecified atom stereocenters. The molecule has 2 aromatic heterocycles. The fourth-order valence-electron chi connectivity index (χ4n) is 7.83. The van der Waals surface area contributed by atoms with Crippen molar-refractivity contribution in [1.82, 2.24) is 15.0 Å². The Balaban J connectivity index is 1.26. The Kier molecular flexibility index (Phi) is 5.59. The van der Waals surface area contributed by atoms with Crippen molar-refractivity contribution < 1.29 is 4.42 Å². The van der Waals surface area contributed by atoms with Gasteiger partial charge >= 0.3 is 0 Å². The number of benzene rings is 7. The highest BCUT2D eigenvalue weighted by Gasteiger charge is 2.37. The van der Waals surface area contributed by atoms with Crippen LogP contribution in [0.5, 0.6) is 0 Å². The Bertz CT molecular complexity index is 2760. The van der Waals surface area contributed by atoms with Crippen LogP contribution < -0.4 is 0 Å². The average molecular weight is 616 g/mol. The van der Waals surface area contributed by atoms with Gasteiger partial charge in [-0.05, 0) is 62.0 Å². The first-order valence-corrected chi connectivity index (χ1v) is 16.4. The summed E-state index contributed by atoms with van der Waals surface area (Å²) < 4.78 is 6.77. The molecule has 0 saturated carbocycles. The molecule has 0 saturated heterocycles. The van der Waals surface area contributed by atoms with Crippen molar-refractivity contribution in [2.75, 3.05) is 0 Å². The van der Waals surface area contributed by atoms with Crippen LogP contribution in [0.2, 0.25) is 0 Å². The highest BCUT2D eigenvalue weighted by atomic mass is 16.3. The second-order valence-corrected chi connectivity index (χ2v) is 13.2. The maximum Gasteiger partial charge on any atom is 0.167 e. The molecule has 0 N–H and O–H groups in total. The summed E-state index contributed by atoms with van der Waals surface area (Å²) in [5, 5.41) is 6.83. The van der Waals surface area contributed by atoms with Crippen LogP contribution in [0.25, 0.3) is 88.8 Å². The number of fused-ring (bicyclic) bond motifs is 10. The second kappa shape index (κ2) is 9.93. The van der Waals surface area contributed by atoms with Crippen LogP contribution in [0, 0.1) is 0 Å². The molecule has 1 aliphatic rings. The van der Waals surface area contributed by atoms with Gasteiger partial charge in [0.05, 0.1) is 5.56 Å². The molecule has 2 heterocycles. The monoisotopic (exact) mass is 615 g/mol. The van der Waals surface area contributed by atoms with Crippen molar-refractivity contribution in [2.24, 2.45) is 0 Å². The molecule has 48 heavy (non-hydrogen) atoms. The van der Waals surface area contributed by atoms with Crippen LogP contribution in [0.4, 0.5) is 0 Å². The van der Waals surface area contributed by atoms with Gasteiger partial charge in [-0.2, -0.15) is 0 Å². The molecule has 7 aromatic carbocycles. The van der Waals surface area contributed by atoms with E-state index in [1.54, 1.807) is 0 Å². The molecule has 0 radical (unpaired) electrons. The summed E-state index contributed by atoms with van der Waals surface area (Å²) in [6.45, 7) is 4.62. The lowest BCUT2D eigenvalue weighted by Crippen LogP contribution is -2.14. The van der Waals surface area contributed by atoms with Crippen LogP contribution in [0.1, 0.15) is 25.0 Å². The summed E-state index contributed by atoms with van der Waals surface area (Å²) in [6.07, 6.45) is 0. The highest BCUT2D eigenvalue weighted by molar-refractivity contribution is 6.17. The standard InChI is InChI=1S/C44H29N3O/c1-44(2)35-22-11-10-19-31(35)38-36(44)23-24-37-39(38)32-20-12-21-33(40(32)48-37)42-45-41(26-13-4-3-5-14-26)46-43(47-42)34-25-27-15-6-7-16-28(27)29-17-8-9-18-30(29)34/h3-25H,1-2H3. The Labute approximate surface area is 277 Å². The SMILES string of the molecule is CC1(C)c2ccccc2-c2c1ccc1oc3c(-c4nc(-c5ccccc5)nc(-c5cc6ccccc6c6ccccc56)n4)cccc3c21. The first kappa shape index (κ1) is 27.0. The van der Waals surface area contributed by atoms with Crippen molar-refractivity contribution >= 4 is 43.5 Å². The molecule has 0 bridgehead atoms. The van der Waals surface area contributed by atoms with E-state index in [1.807, 2.05) is 30.3 Å². The summed E-state index contributed by atoms with van der Waals surface area (Å²) in [4.78, 5) is 15.5. The molecule has 0 atom stereocenters. The molecule has 0 fully saturated rings. The second-order valence-electron chi connectivity index (χ2n) is 13.2. The number of hydrogen-bond donors (Lipinski definition) is 0. The van der Waals surface area contributed by atoms with E-state index >= 15 is 0 Å². The van der Waals surface area contributed by atoms with Gasteiger partial charge < -0.3 is 4.42 Å². The van der Waals surface area contributed by atoms with Gasteiger partial charge in [0.2, 0.25) is 0 Å². The molecule has 1 aliphatic carbocycles. The molecular formula is C44H29N3O. The summed E-state index contributed by atoms with van der Waals surface area (Å²) in [7, 11) is 0. The number of nitrogens with zero attached hydrogens (tertiary/aromatic N) is 3. The third-order valence-corrected chi connectivity index (χ3v) is 10.1. The molecule has 10 rings (SSSR count). The molecule has 226 valence electrons. The summed E-state index contributed by atoms with van der Waals surface area (Å²) in [6, 6.07) is 48.8. The summed E-state index contributed by atoms with van der Waals surface area (Å²) >= 11 is 0. The van der Waals surface area contributed by atoms with Crippen LogP contribution in [0.3, 0.4) is 0 Å². The third-order valence-electron chi connectivity index (χ3n) is 10.1. The minimum Gasteiger partial charge on any atom is -0.455 e. The molecule has 0 aliphatic heterocycles. The van der Waals surface area contributed by atoms with Crippen molar-refractivity contribution in [3.05, 3.63) is 151 Å². The molecule has 4 nitrogen and oxygen atoms in total. The van der Waals surface area contributed by atoms with Gasteiger partial charge in [0, 0.05) is 27.3 Å². The predicted octanol–water partition coefficient (Wildman–Crippen LogP) is 11.4. The fourth-order valence-corrected chi connectivity index (χ4v) is 7.83. The number of furan rings is 1. The molecule has 0 spiro atoms. The van der Waals surface area contributed by atoms with E-state index in [-0.39, 0.29) is 5.41 Å². The van der Waals surface area contributed by atoms with E-state index < -0.39 is 0 Å². The first-order valence-electron chi connectivity index (χ1n) is 16.4. The van der Waals surface area contributed by atoms with Gasteiger partial charge in [-0.3, -0.25) is 0 Å². The van der Waals surface area contributed by atoms with E-state index in [9.17, 15) is 0 Å². The average Bonchev–Trinajstić information content (AvgIpc) is 3.63. The van der Waals surface area contributed by atoms with E-state index in [1.165, 1.54) is 33.0 Å². The smallest absolute Gasteiger partial charge is 0.167 e. The van der Waals surface area contributed by atoms with E-state index in [4.69, 9.17) is 19.4 Å². The summed E-state index contributed by atoms with van der Waals surface area (Å²) in [5.41, 5.74) is 9.48. The maximum absolute atomic E-state index is 6.77. The fraction of sp³-hybridized carbons (Fsp3) is 0.0682. The molecule has 0 amide bonds. The van der Waals surface area contributed by atoms with Gasteiger partial charge in [-0.15, -0.1) is 0 Å². The number of aromatic nitrogens is 3. The van der Waals surface area contributed by atoms with E-state index in [0.717, 1.165) is 49.4 Å². The lowest BCUT2D eigenvalue weighted by atomic mass is 9.82. The zero-order valence-electron chi connectivity index (χ0n) is 26.5. The third kappa shape index (κ3) is 3.80. The Morgan fingerprint density at radius 2 is 1.12 bits per heavy atom. The minimum atomic E-state index is -0.0996. The van der Waals surface area contributed by atoms with Crippen LogP contribution >= 0.6 is 0 Å². The lowest BCUT2D eigenvalue weighted by Gasteiger charge is -2.21. The molecule has 4 heteroatoms. The quantitative estimate of drug-likeness (QED) is 0.186. The maximum atomic E-state index is 6.77. The number of hydrogen-bond acceptors (Lipinski definition) is 4. The van der Waals surface area contributed by atoms with Crippen molar-refractivity contribution in [3.8, 4) is 45.3 Å². The molecule has 9 aromatic rings. The van der Waals surface area contributed by atoms with Crippen LogP contribution in [-0.2, 0) is 5.41 Å². The normalized spacial score (nSPS) is 13.4. The molecular weight excluding hydrogens is 587 g/mol. The largest absolute Gasteiger partial charge is 0.455 e. The topological polar surface area (TPSA) is 51.8 Å². The highest BCUT2D eigenvalue weighted by Crippen LogP contribution is 2.53. The van der Waals surface area contributed by atoms with Gasteiger partial charge in [0.25, 0.3) is 0 Å². The van der Waals surface area contributed by atoms with Crippen molar-refractivity contribution in [3.63, 3.8) is 0 Å². The van der Waals surface area contributed by atoms with Gasteiger partial charge in [-0.25, -0.2) is 15.0 Å². The van der Waals surface area contributed by atoms with Crippen molar-refractivity contribution in [2.45, 2.75) is 19.3 Å². The number of para-hydroxylation sites is 1. The van der Waals surface area contributed by atoms with E-state index in [0.29, 0.717) is 17.5 Å². The summed E-state index contributed by atoms with van der Waals surface area (Å²) in [5.74, 6) is 1.83. The van der Waals surface area contributed by atoms with Gasteiger partial charge in [-0.1, -0.05) is 135 Å². The Hall–Kier alpha value is -6.13. The first-order chi connectivity index (χ1) is 23.6. The number of rotatable bonds is 3. The minimum absolute atomic E-state index is 0.0996. The van der Waals surface area contributed by atoms with E-state index in [2.05, 4.69) is 123 Å². The predicted molar refractivity (Wildman–Crippen MR) is 196 cm³/mol. The Morgan fingerprint density at radius 3 is 1.98 bits per heavy atom. The Morgan fingerprint density at radius 1 is 0.479 bits per heavy atom. The van der Waals surface area contributed by atoms with Crippen molar-refractivity contribution in [1.29, 1.82) is 0 Å². The van der Waals surface area contributed by atoms with Gasteiger partial charge in [0.15, 0.2) is 17.5 Å². The lowest BCUT2D eigenvalue weighted by molar-refractivity contribution is 0.657.